The molecule has 1 heterocycles. The molecule has 1 saturated heterocycles. The Morgan fingerprint density at radius 3 is 3.08 bits per heavy atom. The summed E-state index contributed by atoms with van der Waals surface area (Å²) in [4.78, 5) is 2.41. The van der Waals surface area contributed by atoms with Crippen LogP contribution in [0.25, 0.3) is 0 Å². The monoisotopic (exact) mass is 182 g/mol. The number of nitrogens with one attached hydrogen (secondary N) is 1. The maximum atomic E-state index is 3.59. The van der Waals surface area contributed by atoms with Gasteiger partial charge in [0.25, 0.3) is 0 Å². The lowest BCUT2D eigenvalue weighted by atomic mass is 10.1. The lowest BCUT2D eigenvalue weighted by Gasteiger charge is -2.30. The van der Waals surface area contributed by atoms with E-state index in [0.717, 1.165) is 19.0 Å². The summed E-state index contributed by atoms with van der Waals surface area (Å²) in [6, 6.07) is 0.726. The summed E-state index contributed by atoms with van der Waals surface area (Å²) in [5, 5.41) is 3.59. The molecule has 0 amide bonds. The first-order valence-corrected chi connectivity index (χ1v) is 5.36. The summed E-state index contributed by atoms with van der Waals surface area (Å²) in [7, 11) is 2.21. The minimum absolute atomic E-state index is 0.726. The molecule has 13 heavy (non-hydrogen) atoms. The smallest absolute Gasteiger partial charge is 0.0195 e. The number of allylic oxidation sites excluding steroid dienone is 1. The van der Waals surface area contributed by atoms with Gasteiger partial charge in [0.05, 0.1) is 0 Å². The van der Waals surface area contributed by atoms with Crippen molar-refractivity contribution in [2.24, 2.45) is 0 Å². The van der Waals surface area contributed by atoms with Crippen LogP contribution in [0.5, 0.6) is 0 Å². The molecule has 1 N–H and O–H groups in total. The van der Waals surface area contributed by atoms with Crippen molar-refractivity contribution in [3.8, 4) is 0 Å². The zero-order valence-electron chi connectivity index (χ0n) is 8.92. The van der Waals surface area contributed by atoms with Crippen LogP contribution in [0.1, 0.15) is 26.2 Å². The fraction of sp³-hybridized carbons (Fsp3) is 0.818. The van der Waals surface area contributed by atoms with Crippen LogP contribution in [0.15, 0.2) is 12.2 Å². The number of piperidine rings is 1. The molecule has 0 aliphatic carbocycles. The summed E-state index contributed by atoms with van der Waals surface area (Å²) in [6.07, 6.45) is 8.20. The van der Waals surface area contributed by atoms with Gasteiger partial charge in [0.15, 0.2) is 0 Å². The Labute approximate surface area is 82.0 Å². The molecule has 0 saturated carbocycles. The van der Waals surface area contributed by atoms with Crippen LogP contribution in [-0.4, -0.2) is 37.6 Å². The fourth-order valence-corrected chi connectivity index (χ4v) is 1.87. The van der Waals surface area contributed by atoms with Gasteiger partial charge in [0, 0.05) is 12.6 Å². The number of likely N-dealkylation sites (N-methyl/N-ethyl adjacent to an activating group) is 1. The maximum absolute atomic E-state index is 3.59. The second-order valence-corrected chi connectivity index (χ2v) is 3.91. The lowest BCUT2D eigenvalue weighted by Crippen LogP contribution is -2.44. The highest BCUT2D eigenvalue weighted by Gasteiger charge is 2.15. The number of likely N-dealkylation sites (tertiary alicyclic amines) is 1. The van der Waals surface area contributed by atoms with Crippen LogP contribution < -0.4 is 5.32 Å². The summed E-state index contributed by atoms with van der Waals surface area (Å²) in [5.74, 6) is 0. The Balaban J connectivity index is 2.06. The van der Waals surface area contributed by atoms with Crippen molar-refractivity contribution >= 4 is 0 Å². The molecule has 1 atom stereocenters. The van der Waals surface area contributed by atoms with E-state index in [2.05, 4.69) is 36.3 Å². The molecule has 0 radical (unpaired) electrons. The molecule has 2 heteroatoms. The average Bonchev–Trinajstić information content (AvgIpc) is 2.13. The second-order valence-electron chi connectivity index (χ2n) is 3.91. The molecular weight excluding hydrogens is 160 g/mol. The third kappa shape index (κ3) is 4.44. The SMILES string of the molecule is C/C=C/CCNC1CCCN(C)C1. The highest BCUT2D eigenvalue weighted by Crippen LogP contribution is 2.07. The van der Waals surface area contributed by atoms with E-state index in [-0.39, 0.29) is 0 Å². The number of hydrogen-bond acceptors (Lipinski definition) is 2. The highest BCUT2D eigenvalue weighted by molar-refractivity contribution is 4.80. The predicted molar refractivity (Wildman–Crippen MR) is 58.0 cm³/mol. The highest BCUT2D eigenvalue weighted by atomic mass is 15.1. The van der Waals surface area contributed by atoms with E-state index >= 15 is 0 Å². The zero-order valence-corrected chi connectivity index (χ0v) is 8.92. The Hall–Kier alpha value is -0.340. The third-order valence-electron chi connectivity index (χ3n) is 2.60. The van der Waals surface area contributed by atoms with Gasteiger partial charge < -0.3 is 10.2 Å². The zero-order chi connectivity index (χ0) is 9.52. The third-order valence-corrected chi connectivity index (χ3v) is 2.60. The molecule has 0 bridgehead atoms. The van der Waals surface area contributed by atoms with E-state index in [9.17, 15) is 0 Å². The average molecular weight is 182 g/mol. The summed E-state index contributed by atoms with van der Waals surface area (Å²) in [6.45, 7) is 5.69. The number of hydrogen-bond donors (Lipinski definition) is 1. The van der Waals surface area contributed by atoms with Crippen molar-refractivity contribution in [2.45, 2.75) is 32.2 Å². The molecule has 0 aromatic carbocycles. The molecule has 2 nitrogen and oxygen atoms in total. The van der Waals surface area contributed by atoms with Crippen molar-refractivity contribution in [3.63, 3.8) is 0 Å². The largest absolute Gasteiger partial charge is 0.312 e. The Kier molecular flexibility index (Phi) is 5.09. The van der Waals surface area contributed by atoms with Crippen LogP contribution >= 0.6 is 0 Å². The Bertz CT molecular complexity index is 154. The Morgan fingerprint density at radius 2 is 2.38 bits per heavy atom. The molecule has 0 aromatic heterocycles. The van der Waals surface area contributed by atoms with Gasteiger partial charge in [-0.25, -0.2) is 0 Å². The summed E-state index contributed by atoms with van der Waals surface area (Å²) < 4.78 is 0. The van der Waals surface area contributed by atoms with Crippen LogP contribution in [0, 0.1) is 0 Å². The van der Waals surface area contributed by atoms with Gasteiger partial charge in [0.1, 0.15) is 0 Å². The van der Waals surface area contributed by atoms with E-state index in [1.165, 1.54) is 25.9 Å². The van der Waals surface area contributed by atoms with Crippen LogP contribution in [0.2, 0.25) is 0 Å². The first kappa shape index (κ1) is 10.7. The number of rotatable bonds is 4. The van der Waals surface area contributed by atoms with Gasteiger partial charge in [-0.05, 0) is 46.3 Å². The van der Waals surface area contributed by atoms with Gasteiger partial charge in [-0.2, -0.15) is 0 Å². The molecule has 0 aromatic rings. The summed E-state index contributed by atoms with van der Waals surface area (Å²) in [5.41, 5.74) is 0. The van der Waals surface area contributed by atoms with Gasteiger partial charge in [0.2, 0.25) is 0 Å². The molecule has 1 fully saturated rings. The standard InChI is InChI=1S/C11H22N2/c1-3-4-5-8-12-11-7-6-9-13(2)10-11/h3-4,11-12H,5-10H2,1-2H3/b4-3+. The molecular formula is C11H22N2. The van der Waals surface area contributed by atoms with E-state index in [0.29, 0.717) is 0 Å². The van der Waals surface area contributed by atoms with Gasteiger partial charge >= 0.3 is 0 Å². The van der Waals surface area contributed by atoms with Crippen LogP contribution in [-0.2, 0) is 0 Å². The minimum Gasteiger partial charge on any atom is -0.312 e. The molecule has 0 spiro atoms. The molecule has 76 valence electrons. The quantitative estimate of drug-likeness (QED) is 0.525. The normalized spacial score (nSPS) is 25.5. The topological polar surface area (TPSA) is 15.3 Å². The van der Waals surface area contributed by atoms with Crippen molar-refractivity contribution in [1.82, 2.24) is 10.2 Å². The van der Waals surface area contributed by atoms with Gasteiger partial charge in [-0.15, -0.1) is 0 Å². The number of nitrogens with zero attached hydrogens (tertiary/aromatic N) is 1. The molecule has 1 aliphatic rings. The molecule has 1 aliphatic heterocycles. The van der Waals surface area contributed by atoms with Gasteiger partial charge in [-0.3, -0.25) is 0 Å². The van der Waals surface area contributed by atoms with E-state index in [1.807, 2.05) is 0 Å². The van der Waals surface area contributed by atoms with Gasteiger partial charge in [-0.1, -0.05) is 12.2 Å². The molecule has 1 rings (SSSR count). The van der Waals surface area contributed by atoms with Crippen LogP contribution in [0.4, 0.5) is 0 Å². The van der Waals surface area contributed by atoms with Crippen molar-refractivity contribution in [1.29, 1.82) is 0 Å². The fourth-order valence-electron chi connectivity index (χ4n) is 1.87. The van der Waals surface area contributed by atoms with E-state index < -0.39 is 0 Å². The molecule has 1 unspecified atom stereocenters. The van der Waals surface area contributed by atoms with Crippen molar-refractivity contribution in [3.05, 3.63) is 12.2 Å². The van der Waals surface area contributed by atoms with E-state index in [1.54, 1.807) is 0 Å². The summed E-state index contributed by atoms with van der Waals surface area (Å²) >= 11 is 0. The lowest BCUT2D eigenvalue weighted by molar-refractivity contribution is 0.228. The van der Waals surface area contributed by atoms with Crippen molar-refractivity contribution < 1.29 is 0 Å². The second kappa shape index (κ2) is 6.17. The predicted octanol–water partition coefficient (Wildman–Crippen LogP) is 1.64. The Morgan fingerprint density at radius 1 is 1.54 bits per heavy atom. The maximum Gasteiger partial charge on any atom is 0.0195 e. The first-order valence-electron chi connectivity index (χ1n) is 5.36. The van der Waals surface area contributed by atoms with Crippen molar-refractivity contribution in [2.75, 3.05) is 26.7 Å². The first-order chi connectivity index (χ1) is 6.33. The van der Waals surface area contributed by atoms with Crippen LogP contribution in [0.3, 0.4) is 0 Å². The minimum atomic E-state index is 0.726. The van der Waals surface area contributed by atoms with E-state index in [4.69, 9.17) is 0 Å².